The number of nitrogens with zero attached hydrogens (tertiary/aromatic N) is 8. The number of fused-ring (bicyclic) bond motifs is 2. The van der Waals surface area contributed by atoms with Crippen molar-refractivity contribution < 1.29 is 62.1 Å². The van der Waals surface area contributed by atoms with Crippen LogP contribution in [-0.2, 0) is 74.9 Å². The first-order valence-electron chi connectivity index (χ1n) is 39.2. The van der Waals surface area contributed by atoms with Gasteiger partial charge < -0.3 is 48.3 Å². The number of benzene rings is 2. The number of hydrogen-bond donors (Lipinski definition) is 0. The van der Waals surface area contributed by atoms with Gasteiger partial charge in [-0.1, -0.05) is 143 Å². The minimum atomic E-state index is -0.616. The van der Waals surface area contributed by atoms with E-state index in [1.165, 1.54) is 0 Å². The fraction of sp³-hybridized carbons (Fsp3) is 0.738. The van der Waals surface area contributed by atoms with Crippen LogP contribution in [0.25, 0.3) is 0 Å². The molecule has 3 saturated heterocycles. The molecule has 21 heteroatoms. The number of amides is 4. The molecular weight excluding hydrogens is 1330 g/mol. The molecule has 21 nitrogen and oxygen atoms in total. The third-order valence-corrected chi connectivity index (χ3v) is 24.1. The zero-order valence-corrected chi connectivity index (χ0v) is 68.5. The summed E-state index contributed by atoms with van der Waals surface area (Å²) in [5, 5.41) is 0. The summed E-state index contributed by atoms with van der Waals surface area (Å²) in [6.07, 6.45) is 7.30. The van der Waals surface area contributed by atoms with Crippen LogP contribution >= 0.6 is 0 Å². The fourth-order valence-electron chi connectivity index (χ4n) is 17.4. The molecule has 0 spiro atoms. The summed E-state index contributed by atoms with van der Waals surface area (Å²) in [5.74, 6) is -1.61. The fourth-order valence-corrected chi connectivity index (χ4v) is 17.4. The number of guanidine groups is 1. The molecule has 4 fully saturated rings. The van der Waals surface area contributed by atoms with Crippen LogP contribution in [0.1, 0.15) is 184 Å². The standard InChI is InChI=1S/C44H69N3O7.C40H67N5O6/c1-11-28(4)41(46(8)44(52)35(27(2)3)25-38(50)42-32-19-20-34(23-32)45(42)7)39(53-9)26-40(51)47-21-15-18-36(47)43(54-10)29(5)37(49)24-33(30(6)48)22-31-16-13-12-14-17-31;1-14-27(4)37(44(11)39(49)36(26(2)3)41-40(42(7)8)43(9)10)34(50-12)25-35(48)45-22-18-21-32(45)38(51-13)28(5)33(47)24-31(29(6)46)23-30-19-16-15-17-20-30/h12-14,16-17,27-29,32-36,39,41-43H,11,15,18-26H2,1-10H3;15-17,19-20,26-28,31-32,34,36-38H,14,18,21-25H2,1-13H3. The molecule has 3 heterocycles. The highest BCUT2D eigenvalue weighted by molar-refractivity contribution is 5.92. The molecule has 1 saturated carbocycles. The minimum Gasteiger partial charge on any atom is -0.379 e. The van der Waals surface area contributed by atoms with Crippen LogP contribution in [0.15, 0.2) is 65.7 Å². The molecule has 3 aliphatic heterocycles. The van der Waals surface area contributed by atoms with E-state index in [-0.39, 0.29) is 139 Å². The number of Topliss-reactive ketones (excluding diaryl/α,β-unsaturated/α-hetero) is 5. The highest BCUT2D eigenvalue weighted by Crippen LogP contribution is 2.43. The van der Waals surface area contributed by atoms with Gasteiger partial charge in [0.25, 0.3) is 0 Å². The van der Waals surface area contributed by atoms with Crippen LogP contribution in [0.2, 0.25) is 0 Å². The number of methoxy groups -OCH3 is 4. The van der Waals surface area contributed by atoms with Crippen molar-refractivity contribution in [1.82, 2.24) is 34.3 Å². The van der Waals surface area contributed by atoms with Crippen molar-refractivity contribution in [2.24, 2.45) is 64.2 Å². The predicted octanol–water partition coefficient (Wildman–Crippen LogP) is 10.8. The van der Waals surface area contributed by atoms with Crippen molar-refractivity contribution in [2.45, 2.75) is 253 Å². The highest BCUT2D eigenvalue weighted by Gasteiger charge is 2.50. The smallest absolute Gasteiger partial charge is 0.247 e. The molecule has 1 aliphatic carbocycles. The van der Waals surface area contributed by atoms with E-state index in [1.54, 1.807) is 66.2 Å². The number of likely N-dealkylation sites (N-methyl/N-ethyl adjacent to an activating group) is 3. The van der Waals surface area contributed by atoms with E-state index >= 15 is 0 Å². The van der Waals surface area contributed by atoms with E-state index < -0.39 is 60.0 Å². The van der Waals surface area contributed by atoms with Crippen LogP contribution in [0.5, 0.6) is 0 Å². The Morgan fingerprint density at radius 1 is 0.524 bits per heavy atom. The summed E-state index contributed by atoms with van der Waals surface area (Å²) >= 11 is 0. The van der Waals surface area contributed by atoms with Crippen molar-refractivity contribution in [3.63, 3.8) is 0 Å². The van der Waals surface area contributed by atoms with Crippen LogP contribution < -0.4 is 0 Å². The number of rotatable bonds is 40. The lowest BCUT2D eigenvalue weighted by Gasteiger charge is -2.41. The Morgan fingerprint density at radius 2 is 0.933 bits per heavy atom. The number of hydrogen-bond acceptors (Lipinski definition) is 15. The molecule has 2 aromatic rings. The number of carbonyl (C=O) groups excluding carboxylic acids is 9. The van der Waals surface area contributed by atoms with E-state index in [0.717, 1.165) is 56.1 Å². The lowest BCUT2D eigenvalue weighted by atomic mass is 9.83. The molecule has 4 amide bonds. The Kier molecular flexibility index (Phi) is 36.2. The third-order valence-electron chi connectivity index (χ3n) is 24.1. The van der Waals surface area contributed by atoms with E-state index in [1.807, 2.05) is 150 Å². The van der Waals surface area contributed by atoms with Gasteiger partial charge in [-0.3, -0.25) is 48.1 Å². The molecule has 105 heavy (non-hydrogen) atoms. The summed E-state index contributed by atoms with van der Waals surface area (Å²) in [7, 11) is 19.7. The Morgan fingerprint density at radius 3 is 1.27 bits per heavy atom. The van der Waals surface area contributed by atoms with Crippen LogP contribution in [0.4, 0.5) is 0 Å². The predicted molar refractivity (Wildman–Crippen MR) is 414 cm³/mol. The lowest BCUT2D eigenvalue weighted by Crippen LogP contribution is -2.55. The summed E-state index contributed by atoms with van der Waals surface area (Å²) in [5.41, 5.74) is 2.03. The van der Waals surface area contributed by atoms with Gasteiger partial charge in [0.15, 0.2) is 11.7 Å². The SMILES string of the molecule is CCC(C)C(C(CC(=O)N1CCCC1C(OC)C(C)C(=O)CC(Cc1ccccc1)C(C)=O)OC)N(C)C(=O)C(CC(=O)C1C2CCC(C2)N1C)C(C)C.CCC(C)C(C(CC(=O)N1CCCC1C(OC)C(C)C(=O)CC(Cc1ccccc1)C(C)=O)OC)N(C)C(=O)C(N=C(N(C)C)N(C)C)C(C)C. The monoisotopic (exact) mass is 1470 g/mol. The van der Waals surface area contributed by atoms with Crippen molar-refractivity contribution in [2.75, 3.05) is 90.9 Å². The number of carbonyl (C=O) groups is 9. The summed E-state index contributed by atoms with van der Waals surface area (Å²) in [6, 6.07) is 17.9. The normalized spacial score (nSPS) is 22.0. The molecule has 19 unspecified atom stereocenters. The Balaban J connectivity index is 0.000000378. The van der Waals surface area contributed by atoms with Crippen LogP contribution in [-0.4, -0.2) is 250 Å². The van der Waals surface area contributed by atoms with Gasteiger partial charge in [-0.25, -0.2) is 4.99 Å². The average molecular weight is 1470 g/mol. The largest absolute Gasteiger partial charge is 0.379 e. The van der Waals surface area contributed by atoms with Crippen LogP contribution in [0.3, 0.4) is 0 Å². The number of likely N-dealkylation sites (tertiary alicyclic amines) is 3. The molecule has 0 N–H and O–H groups in total. The van der Waals surface area contributed by atoms with Gasteiger partial charge >= 0.3 is 0 Å². The van der Waals surface area contributed by atoms with Crippen molar-refractivity contribution in [3.8, 4) is 0 Å². The molecule has 590 valence electrons. The first kappa shape index (κ1) is 89.4. The Hall–Kier alpha value is -6.26. The summed E-state index contributed by atoms with van der Waals surface area (Å²) < 4.78 is 24.1. The zero-order chi connectivity index (χ0) is 78.4. The Bertz CT molecular complexity index is 3130. The van der Waals surface area contributed by atoms with E-state index in [4.69, 9.17) is 23.9 Å². The maximum atomic E-state index is 14.4. The van der Waals surface area contributed by atoms with Gasteiger partial charge in [0.2, 0.25) is 23.6 Å². The Labute approximate surface area is 631 Å². The summed E-state index contributed by atoms with van der Waals surface area (Å²) in [4.78, 5) is 141. The van der Waals surface area contributed by atoms with Gasteiger partial charge in [-0.05, 0) is 119 Å². The number of ketones is 5. The second-order valence-electron chi connectivity index (χ2n) is 32.3. The van der Waals surface area contributed by atoms with E-state index in [0.29, 0.717) is 56.7 Å². The van der Waals surface area contributed by atoms with Crippen molar-refractivity contribution >= 4 is 58.5 Å². The molecule has 19 atom stereocenters. The highest BCUT2D eigenvalue weighted by atomic mass is 16.5. The average Bonchev–Trinajstić information content (AvgIpc) is 1.65. The van der Waals surface area contributed by atoms with E-state index in [2.05, 4.69) is 39.6 Å². The number of piperidine rings is 1. The topological polar surface area (TPSA) is 226 Å². The van der Waals surface area contributed by atoms with Crippen molar-refractivity contribution in [1.29, 1.82) is 0 Å². The van der Waals surface area contributed by atoms with E-state index in [9.17, 15) is 43.2 Å². The molecule has 2 aromatic carbocycles. The molecular formula is C84H136N8O13. The number of aliphatic imine (C=N–C) groups is 1. The molecule has 0 aromatic heterocycles. The second-order valence-corrected chi connectivity index (χ2v) is 32.3. The molecule has 6 rings (SSSR count). The first-order chi connectivity index (χ1) is 49.6. The maximum Gasteiger partial charge on any atom is 0.247 e. The first-order valence-corrected chi connectivity index (χ1v) is 39.2. The maximum absolute atomic E-state index is 14.4. The second kappa shape index (κ2) is 42.5. The molecule has 0 radical (unpaired) electrons. The van der Waals surface area contributed by atoms with Gasteiger partial charge in [0, 0.05) is 139 Å². The molecule has 2 bridgehead atoms. The zero-order valence-electron chi connectivity index (χ0n) is 68.5. The van der Waals surface area contributed by atoms with Gasteiger partial charge in [-0.15, -0.1) is 0 Å². The lowest BCUT2D eigenvalue weighted by molar-refractivity contribution is -0.149. The van der Waals surface area contributed by atoms with Crippen LogP contribution in [0, 0.1) is 59.2 Å². The van der Waals surface area contributed by atoms with Crippen molar-refractivity contribution in [3.05, 3.63) is 71.8 Å². The van der Waals surface area contributed by atoms with Gasteiger partial charge in [0.1, 0.15) is 29.2 Å². The van der Waals surface area contributed by atoms with Gasteiger partial charge in [0.05, 0.1) is 67.5 Å². The van der Waals surface area contributed by atoms with Gasteiger partial charge in [-0.2, -0.15) is 0 Å². The summed E-state index contributed by atoms with van der Waals surface area (Å²) in [6.45, 7) is 24.2. The quantitative estimate of drug-likeness (QED) is 0.0446. The molecule has 4 aliphatic rings. The minimum absolute atomic E-state index is 0.0154. The number of ether oxygens (including phenoxy) is 4. The third kappa shape index (κ3) is 23.6.